The molecule has 8 aromatic carbocycles. The summed E-state index contributed by atoms with van der Waals surface area (Å²) in [7, 11) is 2.12. The fourth-order valence-electron chi connectivity index (χ4n) is 9.83. The molecule has 0 atom stereocenters. The number of imidazole rings is 3. The van der Waals surface area contributed by atoms with Crippen LogP contribution in [0.1, 0.15) is 235 Å². The van der Waals surface area contributed by atoms with E-state index in [1.807, 2.05) is 439 Å². The molecule has 11 heterocycles. The third-order valence-corrected chi connectivity index (χ3v) is 15.0. The topological polar surface area (TPSA) is 148 Å². The standard InChI is InChI=1S/C13H10N2.C13H11N.C12H8N2.C9H7N.C7H6N2.C7H5NO.C7H5NS.C6H5N3.17C2H6/c1-2-6-11(7-3-1)15-10-14-12-8-4-5-9-13(12)15;1-14-12-8-4-2-6-10(12)11-7-3-5-9-13(11)14;1-2-10-4-3-9-5-7-13-8-11(9)12(10)14-6-1;1-2-6-9-8(4-1)5-3-7-10-9;1-2-5-9-6-4-8-7(9)3-1;2*1-2-4-7-6(3-1)8-5-9-7;1-2-7-6-8-3-5-9(6)4-1;17*1-2/h1-10H;2-9H,1H3;1-8H;1-7H;1-6H;3*1-5H;17*1-2H3. The van der Waals surface area contributed by atoms with Crippen molar-refractivity contribution in [3.8, 4) is 5.69 Å². The van der Waals surface area contributed by atoms with Crippen molar-refractivity contribution in [3.05, 3.63) is 329 Å². The molecule has 0 spiro atoms. The molecule has 0 fully saturated rings. The minimum Gasteiger partial charge on any atom is -0.443 e. The van der Waals surface area contributed by atoms with Crippen molar-refractivity contribution in [1.29, 1.82) is 0 Å². The van der Waals surface area contributed by atoms with E-state index in [1.54, 1.807) is 36.1 Å². The summed E-state index contributed by atoms with van der Waals surface area (Å²) in [6, 6.07) is 81.3. The van der Waals surface area contributed by atoms with E-state index in [1.165, 1.54) is 43.7 Å². The molecule has 0 bridgehead atoms. The van der Waals surface area contributed by atoms with E-state index in [-0.39, 0.29) is 0 Å². The van der Waals surface area contributed by atoms with Gasteiger partial charge in [-0.3, -0.25) is 23.9 Å². The first-order valence-corrected chi connectivity index (χ1v) is 46.4. The first kappa shape index (κ1) is 122. The molecule has 14 nitrogen and oxygen atoms in total. The average molecular weight is 1690 g/mol. The van der Waals surface area contributed by atoms with Gasteiger partial charge in [-0.15, -0.1) is 11.3 Å². The molecule has 123 heavy (non-hydrogen) atoms. The fourth-order valence-corrected chi connectivity index (χ4v) is 10.5. The Morgan fingerprint density at radius 3 is 1.29 bits per heavy atom. The second-order valence-corrected chi connectivity index (χ2v) is 20.6. The van der Waals surface area contributed by atoms with E-state index < -0.39 is 0 Å². The summed E-state index contributed by atoms with van der Waals surface area (Å²) >= 11 is 1.68. The van der Waals surface area contributed by atoms with Gasteiger partial charge in [0, 0.05) is 119 Å². The average Bonchev–Trinajstić information content (AvgIpc) is 1.60. The Bertz CT molecular complexity index is 4810. The molecule has 19 aromatic rings. The highest BCUT2D eigenvalue weighted by molar-refractivity contribution is 7.16. The van der Waals surface area contributed by atoms with E-state index in [2.05, 4.69) is 164 Å². The second kappa shape index (κ2) is 87.7. The van der Waals surface area contributed by atoms with Crippen molar-refractivity contribution in [2.45, 2.75) is 235 Å². The molecule has 0 N–H and O–H groups in total. The summed E-state index contributed by atoms with van der Waals surface area (Å²) in [6.07, 6.45) is 23.5. The van der Waals surface area contributed by atoms with Gasteiger partial charge in [0.15, 0.2) is 12.0 Å². The number of benzene rings is 8. The Labute approximate surface area is 749 Å². The number of aryl methyl sites for hydroxylation is 1. The maximum absolute atomic E-state index is 5.01. The normalized spacial score (nSPS) is 8.45. The van der Waals surface area contributed by atoms with Gasteiger partial charge in [-0.25, -0.2) is 29.9 Å². The van der Waals surface area contributed by atoms with Crippen LogP contribution in [0.15, 0.2) is 333 Å². The van der Waals surface area contributed by atoms with Gasteiger partial charge >= 0.3 is 0 Å². The number of hydrogen-bond donors (Lipinski definition) is 0. The van der Waals surface area contributed by atoms with Crippen molar-refractivity contribution in [1.82, 2.24) is 62.8 Å². The Balaban J connectivity index is -0.000000304. The molecule has 0 aliphatic carbocycles. The van der Waals surface area contributed by atoms with Gasteiger partial charge in [-0.1, -0.05) is 375 Å². The zero-order chi connectivity index (χ0) is 94.2. The van der Waals surface area contributed by atoms with Crippen molar-refractivity contribution in [2.24, 2.45) is 7.05 Å². The van der Waals surface area contributed by atoms with Gasteiger partial charge in [-0.2, -0.15) is 0 Å². The lowest BCUT2D eigenvalue weighted by Gasteiger charge is -2.02. The predicted molar refractivity (Wildman–Crippen MR) is 555 cm³/mol. The van der Waals surface area contributed by atoms with Crippen LogP contribution >= 0.6 is 11.3 Å². The fraction of sp³-hybridized carbons (Fsp3) is 0.324. The maximum atomic E-state index is 5.01. The summed E-state index contributed by atoms with van der Waals surface area (Å²) in [5.74, 6) is 0.748. The van der Waals surface area contributed by atoms with E-state index in [4.69, 9.17) is 4.42 Å². The number of nitrogens with zero attached hydrogens (tertiary/aromatic N) is 13. The second-order valence-electron chi connectivity index (χ2n) is 19.8. The smallest absolute Gasteiger partial charge is 0.233 e. The van der Waals surface area contributed by atoms with Crippen LogP contribution < -0.4 is 0 Å². The van der Waals surface area contributed by atoms with Crippen LogP contribution in [-0.4, -0.2) is 62.8 Å². The van der Waals surface area contributed by atoms with Crippen LogP contribution in [0.4, 0.5) is 0 Å². The number of rotatable bonds is 1. The molecular formula is C108H159N13OS. The molecule has 15 heteroatoms. The highest BCUT2D eigenvalue weighted by Gasteiger charge is 2.06. The Kier molecular flexibility index (Phi) is 86.8. The minimum absolute atomic E-state index is 0.748. The summed E-state index contributed by atoms with van der Waals surface area (Å²) in [6.45, 7) is 68.0. The Morgan fingerprint density at radius 1 is 0.276 bits per heavy atom. The first-order chi connectivity index (χ1) is 61.1. The lowest BCUT2D eigenvalue weighted by molar-refractivity contribution is 0.602. The lowest BCUT2D eigenvalue weighted by atomic mass is 10.1. The summed E-state index contributed by atoms with van der Waals surface area (Å²) < 4.78 is 14.4. The number of fused-ring (bicyclic) bond motifs is 12. The molecule has 0 saturated heterocycles. The summed E-state index contributed by atoms with van der Waals surface area (Å²) in [5, 5.41) is 7.34. The van der Waals surface area contributed by atoms with Gasteiger partial charge in [0.05, 0.1) is 37.8 Å². The molecule has 11 aromatic heterocycles. The minimum atomic E-state index is 0.748. The van der Waals surface area contributed by atoms with Crippen LogP contribution in [0.5, 0.6) is 0 Å². The molecule has 668 valence electrons. The van der Waals surface area contributed by atoms with Gasteiger partial charge in [0.25, 0.3) is 0 Å². The van der Waals surface area contributed by atoms with Crippen LogP contribution in [0.2, 0.25) is 0 Å². The van der Waals surface area contributed by atoms with Gasteiger partial charge in [-0.05, 0) is 109 Å². The molecule has 0 radical (unpaired) electrons. The zero-order valence-corrected chi connectivity index (χ0v) is 83.1. The van der Waals surface area contributed by atoms with Crippen molar-refractivity contribution in [2.75, 3.05) is 0 Å². The highest BCUT2D eigenvalue weighted by atomic mass is 32.1. The van der Waals surface area contributed by atoms with Gasteiger partial charge in [0.1, 0.15) is 17.5 Å². The number of thiazole rings is 1. The molecule has 0 saturated carbocycles. The number of para-hydroxylation sites is 9. The van der Waals surface area contributed by atoms with Crippen LogP contribution in [-0.2, 0) is 7.05 Å². The molecule has 0 aliphatic heterocycles. The van der Waals surface area contributed by atoms with Crippen molar-refractivity contribution in [3.63, 3.8) is 0 Å². The van der Waals surface area contributed by atoms with E-state index in [9.17, 15) is 0 Å². The molecule has 0 aliphatic rings. The summed E-state index contributed by atoms with van der Waals surface area (Å²) in [5.41, 5.74) is 13.7. The Hall–Kier alpha value is -12.1. The molecule has 19 rings (SSSR count). The highest BCUT2D eigenvalue weighted by Crippen LogP contribution is 2.28. The van der Waals surface area contributed by atoms with Crippen molar-refractivity contribution < 1.29 is 4.42 Å². The van der Waals surface area contributed by atoms with Gasteiger partial charge in [0.2, 0.25) is 5.78 Å². The summed E-state index contributed by atoms with van der Waals surface area (Å²) in [4.78, 5) is 37.2. The number of pyridine rings is 4. The SMILES string of the molecule is CC.CC.CC.CC.CC.CC.CC.CC.CC.CC.CC.CC.CC.CC.CC.CC.CC.Cn1c2ccccc2c2ccccc21.c1ccc(-n2cnc3ccccc32)cc1.c1ccc2ncccc2c1.c1ccc2ocnc2c1.c1ccc2scnc2c1.c1ccn2ccnc2c1.c1cnc2c(c1)ccc1ccncc12.c1cnc2nccn2c1. The third-order valence-electron chi connectivity index (χ3n) is 14.2. The third kappa shape index (κ3) is 43.8. The maximum Gasteiger partial charge on any atom is 0.233 e. The number of aromatic nitrogens is 13. The van der Waals surface area contributed by atoms with Gasteiger partial charge < -0.3 is 13.4 Å². The molecule has 0 amide bonds. The van der Waals surface area contributed by atoms with E-state index in [0.717, 1.165) is 66.6 Å². The largest absolute Gasteiger partial charge is 0.443 e. The molecule has 0 unspecified atom stereocenters. The van der Waals surface area contributed by atoms with Crippen LogP contribution in [0.25, 0.3) is 104 Å². The van der Waals surface area contributed by atoms with Crippen molar-refractivity contribution >= 4 is 109 Å². The van der Waals surface area contributed by atoms with Crippen LogP contribution in [0.3, 0.4) is 0 Å². The van der Waals surface area contributed by atoms with E-state index in [0.29, 0.717) is 0 Å². The monoisotopic (exact) mass is 1690 g/mol. The Morgan fingerprint density at radius 2 is 0.724 bits per heavy atom. The number of oxazole rings is 1. The molecular weight excluding hydrogens is 1530 g/mol. The predicted octanol–water partition coefficient (Wildman–Crippen LogP) is 35.0. The number of hydrogen-bond acceptors (Lipinski definition) is 11. The van der Waals surface area contributed by atoms with Crippen LogP contribution in [0, 0.1) is 0 Å². The lowest BCUT2D eigenvalue weighted by Crippen LogP contribution is -1.90. The first-order valence-electron chi connectivity index (χ1n) is 45.6. The quantitative estimate of drug-likeness (QED) is 0.145. The van der Waals surface area contributed by atoms with E-state index >= 15 is 0 Å². The zero-order valence-electron chi connectivity index (χ0n) is 82.3.